The summed E-state index contributed by atoms with van der Waals surface area (Å²) in [7, 11) is 0. The van der Waals surface area contributed by atoms with E-state index in [1.165, 1.54) is 0 Å². The molecule has 3 unspecified atom stereocenters. The summed E-state index contributed by atoms with van der Waals surface area (Å²) < 4.78 is 5.37. The molecule has 2 heterocycles. The van der Waals surface area contributed by atoms with Crippen molar-refractivity contribution in [2.24, 2.45) is 5.92 Å². The van der Waals surface area contributed by atoms with E-state index >= 15 is 0 Å². The Labute approximate surface area is 118 Å². The average molecular weight is 279 g/mol. The quantitative estimate of drug-likeness (QED) is 0.874. The molecule has 1 N–H and O–H groups in total. The minimum absolute atomic E-state index is 0.0160. The molecule has 1 aromatic heterocycles. The lowest BCUT2D eigenvalue weighted by atomic mass is 9.99. The van der Waals surface area contributed by atoms with Gasteiger partial charge in [-0.2, -0.15) is 0 Å². The number of hydrogen-bond donors (Lipinski definition) is 1. The summed E-state index contributed by atoms with van der Waals surface area (Å²) in [4.78, 5) is 22.1. The SMILES string of the molecule is CCN(C(C)c1nccnc1C)C1COCC1C(=O)O. The largest absolute Gasteiger partial charge is 0.481 e. The maximum Gasteiger partial charge on any atom is 0.310 e. The van der Waals surface area contributed by atoms with Crippen LogP contribution >= 0.6 is 0 Å². The van der Waals surface area contributed by atoms with Gasteiger partial charge in [-0.15, -0.1) is 0 Å². The molecule has 0 amide bonds. The van der Waals surface area contributed by atoms with E-state index in [4.69, 9.17) is 4.74 Å². The van der Waals surface area contributed by atoms with Gasteiger partial charge in [0.2, 0.25) is 0 Å². The highest BCUT2D eigenvalue weighted by Crippen LogP contribution is 2.28. The lowest BCUT2D eigenvalue weighted by Crippen LogP contribution is -2.44. The summed E-state index contributed by atoms with van der Waals surface area (Å²) >= 11 is 0. The van der Waals surface area contributed by atoms with Crippen molar-refractivity contribution in [1.82, 2.24) is 14.9 Å². The first-order chi connectivity index (χ1) is 9.56. The Bertz CT molecular complexity index is 480. The van der Waals surface area contributed by atoms with Crippen LogP contribution in [0.3, 0.4) is 0 Å². The van der Waals surface area contributed by atoms with E-state index in [-0.39, 0.29) is 18.7 Å². The molecule has 110 valence electrons. The molecule has 1 aromatic rings. The van der Waals surface area contributed by atoms with Crippen LogP contribution in [0.2, 0.25) is 0 Å². The molecular formula is C14H21N3O3. The standard InChI is InChI=1S/C14H21N3O3/c1-4-17(12-8-20-7-11(12)14(18)19)10(3)13-9(2)15-5-6-16-13/h5-6,10-12H,4,7-8H2,1-3H3,(H,18,19). The number of carboxylic acid groups (broad SMARTS) is 1. The van der Waals surface area contributed by atoms with Crippen molar-refractivity contribution in [3.05, 3.63) is 23.8 Å². The van der Waals surface area contributed by atoms with Crippen LogP contribution in [0.4, 0.5) is 0 Å². The van der Waals surface area contributed by atoms with Crippen molar-refractivity contribution in [2.75, 3.05) is 19.8 Å². The number of carbonyl (C=O) groups is 1. The molecule has 0 aliphatic carbocycles. The number of hydrogen-bond acceptors (Lipinski definition) is 5. The lowest BCUT2D eigenvalue weighted by molar-refractivity contribution is -0.143. The van der Waals surface area contributed by atoms with Gasteiger partial charge in [-0.25, -0.2) is 0 Å². The Kier molecular flexibility index (Phi) is 4.67. The number of aromatic nitrogens is 2. The fourth-order valence-corrected chi connectivity index (χ4v) is 2.89. The van der Waals surface area contributed by atoms with Gasteiger partial charge in [-0.3, -0.25) is 19.7 Å². The molecule has 6 heteroatoms. The number of carboxylic acids is 1. The summed E-state index contributed by atoms with van der Waals surface area (Å²) in [6, 6.07) is -0.101. The van der Waals surface area contributed by atoms with E-state index in [0.717, 1.165) is 17.9 Å². The molecule has 0 bridgehead atoms. The normalized spacial score (nSPS) is 24.0. The number of nitrogens with zero attached hydrogens (tertiary/aromatic N) is 3. The summed E-state index contributed by atoms with van der Waals surface area (Å²) in [5.74, 6) is -1.27. The number of rotatable bonds is 5. The summed E-state index contributed by atoms with van der Waals surface area (Å²) in [5, 5.41) is 9.30. The van der Waals surface area contributed by atoms with E-state index in [1.807, 2.05) is 20.8 Å². The van der Waals surface area contributed by atoms with Crippen molar-refractivity contribution in [2.45, 2.75) is 32.9 Å². The third kappa shape index (κ3) is 2.81. The Morgan fingerprint density at radius 2 is 2.20 bits per heavy atom. The second-order valence-corrected chi connectivity index (χ2v) is 5.08. The lowest BCUT2D eigenvalue weighted by Gasteiger charge is -2.34. The molecule has 1 fully saturated rings. The minimum Gasteiger partial charge on any atom is -0.481 e. The van der Waals surface area contributed by atoms with Gasteiger partial charge in [0.25, 0.3) is 0 Å². The van der Waals surface area contributed by atoms with E-state index < -0.39 is 11.9 Å². The highest BCUT2D eigenvalue weighted by molar-refractivity contribution is 5.71. The van der Waals surface area contributed by atoms with Gasteiger partial charge >= 0.3 is 5.97 Å². The minimum atomic E-state index is -0.797. The predicted octanol–water partition coefficient (Wildman–Crippen LogP) is 1.27. The van der Waals surface area contributed by atoms with Gasteiger partial charge in [0.15, 0.2) is 0 Å². The number of ether oxygens (including phenoxy) is 1. The van der Waals surface area contributed by atoms with Gasteiger partial charge < -0.3 is 9.84 Å². The van der Waals surface area contributed by atoms with Gasteiger partial charge in [0, 0.05) is 18.4 Å². The van der Waals surface area contributed by atoms with E-state index in [1.54, 1.807) is 12.4 Å². The molecule has 0 aromatic carbocycles. The second kappa shape index (κ2) is 6.28. The van der Waals surface area contributed by atoms with Crippen molar-refractivity contribution in [1.29, 1.82) is 0 Å². The molecule has 0 radical (unpaired) electrons. The monoisotopic (exact) mass is 279 g/mol. The third-order valence-corrected chi connectivity index (χ3v) is 3.97. The summed E-state index contributed by atoms with van der Waals surface area (Å²) in [6.07, 6.45) is 3.34. The van der Waals surface area contributed by atoms with Crippen molar-refractivity contribution < 1.29 is 14.6 Å². The Morgan fingerprint density at radius 1 is 1.50 bits per heavy atom. The number of likely N-dealkylation sites (N-methyl/N-ethyl adjacent to an activating group) is 1. The average Bonchev–Trinajstić information content (AvgIpc) is 2.89. The first kappa shape index (κ1) is 14.9. The fraction of sp³-hybridized carbons (Fsp3) is 0.643. The van der Waals surface area contributed by atoms with Crippen LogP contribution in [0.15, 0.2) is 12.4 Å². The van der Waals surface area contributed by atoms with Crippen molar-refractivity contribution in [3.8, 4) is 0 Å². The van der Waals surface area contributed by atoms with Gasteiger partial charge in [-0.05, 0) is 20.4 Å². The molecule has 1 saturated heterocycles. The zero-order valence-corrected chi connectivity index (χ0v) is 12.1. The topological polar surface area (TPSA) is 75.5 Å². The fourth-order valence-electron chi connectivity index (χ4n) is 2.89. The predicted molar refractivity (Wildman–Crippen MR) is 73.3 cm³/mol. The van der Waals surface area contributed by atoms with E-state index in [2.05, 4.69) is 14.9 Å². The van der Waals surface area contributed by atoms with Crippen LogP contribution in [0.5, 0.6) is 0 Å². The van der Waals surface area contributed by atoms with Gasteiger partial charge in [0.1, 0.15) is 0 Å². The molecule has 6 nitrogen and oxygen atoms in total. The zero-order valence-electron chi connectivity index (χ0n) is 12.1. The van der Waals surface area contributed by atoms with Crippen LogP contribution < -0.4 is 0 Å². The molecular weight excluding hydrogens is 258 g/mol. The van der Waals surface area contributed by atoms with Crippen LogP contribution in [0, 0.1) is 12.8 Å². The van der Waals surface area contributed by atoms with Crippen molar-refractivity contribution in [3.63, 3.8) is 0 Å². The molecule has 0 saturated carbocycles. The molecule has 2 rings (SSSR count). The Balaban J connectivity index is 2.24. The molecule has 3 atom stereocenters. The molecule has 1 aliphatic heterocycles. The number of aryl methyl sites for hydroxylation is 1. The molecule has 1 aliphatic rings. The van der Waals surface area contributed by atoms with Crippen LogP contribution in [0.25, 0.3) is 0 Å². The third-order valence-electron chi connectivity index (χ3n) is 3.97. The Hall–Kier alpha value is -1.53. The van der Waals surface area contributed by atoms with Crippen LogP contribution in [0.1, 0.15) is 31.3 Å². The first-order valence-electron chi connectivity index (χ1n) is 6.90. The maximum atomic E-state index is 11.3. The molecule has 0 spiro atoms. The van der Waals surface area contributed by atoms with Gasteiger partial charge in [-0.1, -0.05) is 6.92 Å². The maximum absolute atomic E-state index is 11.3. The van der Waals surface area contributed by atoms with E-state index in [9.17, 15) is 9.90 Å². The summed E-state index contributed by atoms with van der Waals surface area (Å²) in [6.45, 7) is 7.47. The van der Waals surface area contributed by atoms with Crippen molar-refractivity contribution >= 4 is 5.97 Å². The van der Waals surface area contributed by atoms with Crippen LogP contribution in [-0.4, -0.2) is 51.7 Å². The zero-order chi connectivity index (χ0) is 14.7. The summed E-state index contributed by atoms with van der Waals surface area (Å²) in [5.41, 5.74) is 1.77. The van der Waals surface area contributed by atoms with Gasteiger partial charge in [0.05, 0.1) is 36.6 Å². The first-order valence-corrected chi connectivity index (χ1v) is 6.90. The Morgan fingerprint density at radius 3 is 2.80 bits per heavy atom. The molecule has 20 heavy (non-hydrogen) atoms. The highest BCUT2D eigenvalue weighted by atomic mass is 16.5. The number of aliphatic carboxylic acids is 1. The highest BCUT2D eigenvalue weighted by Gasteiger charge is 2.39. The van der Waals surface area contributed by atoms with E-state index in [0.29, 0.717) is 6.61 Å². The second-order valence-electron chi connectivity index (χ2n) is 5.08. The smallest absolute Gasteiger partial charge is 0.310 e. The van der Waals surface area contributed by atoms with Crippen LogP contribution in [-0.2, 0) is 9.53 Å².